The van der Waals surface area contributed by atoms with Crippen LogP contribution in [0.25, 0.3) is 0 Å². The quantitative estimate of drug-likeness (QED) is 0.872. The molecule has 1 amide bonds. The van der Waals surface area contributed by atoms with Gasteiger partial charge in [0.05, 0.1) is 12.2 Å². The summed E-state index contributed by atoms with van der Waals surface area (Å²) in [6.45, 7) is 3.93. The molecule has 0 saturated carbocycles. The number of hydrogen-bond acceptors (Lipinski definition) is 4. The first-order chi connectivity index (χ1) is 10.9. The molecule has 2 N–H and O–H groups in total. The second kappa shape index (κ2) is 7.19. The highest BCUT2D eigenvalue weighted by Gasteiger charge is 2.22. The predicted molar refractivity (Wildman–Crippen MR) is 89.0 cm³/mol. The SMILES string of the molecule is Cc1cccc(C(C(=O)NCc2cc(=O)[nH]c(C)n2)N(C)C)c1. The van der Waals surface area contributed by atoms with Crippen LogP contribution in [-0.2, 0) is 11.3 Å². The number of aromatic amines is 1. The molecule has 122 valence electrons. The molecule has 2 rings (SSSR count). The van der Waals surface area contributed by atoms with Crippen molar-refractivity contribution in [2.75, 3.05) is 14.1 Å². The Bertz CT molecular complexity index is 752. The van der Waals surface area contributed by atoms with Gasteiger partial charge in [-0.3, -0.25) is 14.5 Å². The van der Waals surface area contributed by atoms with E-state index in [1.54, 1.807) is 6.92 Å². The summed E-state index contributed by atoms with van der Waals surface area (Å²) in [5.41, 5.74) is 2.36. The molecule has 0 spiro atoms. The number of hydrogen-bond donors (Lipinski definition) is 2. The Balaban J connectivity index is 2.14. The molecule has 1 atom stereocenters. The van der Waals surface area contributed by atoms with E-state index in [0.29, 0.717) is 11.5 Å². The number of benzene rings is 1. The maximum absolute atomic E-state index is 12.6. The molecule has 0 bridgehead atoms. The number of aryl methyl sites for hydroxylation is 2. The van der Waals surface area contributed by atoms with Gasteiger partial charge >= 0.3 is 0 Å². The standard InChI is InChI=1S/C17H22N4O2/c1-11-6-5-7-13(8-11)16(21(3)4)17(23)18-10-14-9-15(22)20-12(2)19-14/h5-9,16H,10H2,1-4H3,(H,18,23)(H,19,20,22). The number of likely N-dealkylation sites (N-methyl/N-ethyl adjacent to an activating group) is 1. The molecule has 0 aliphatic carbocycles. The average Bonchev–Trinajstić information content (AvgIpc) is 2.44. The fourth-order valence-corrected chi connectivity index (χ4v) is 2.53. The molecule has 1 aromatic carbocycles. The van der Waals surface area contributed by atoms with E-state index in [2.05, 4.69) is 15.3 Å². The minimum atomic E-state index is -0.391. The molecular formula is C17H22N4O2. The first-order valence-corrected chi connectivity index (χ1v) is 7.44. The van der Waals surface area contributed by atoms with Crippen molar-refractivity contribution in [1.29, 1.82) is 0 Å². The van der Waals surface area contributed by atoms with Gasteiger partial charge in [0, 0.05) is 6.07 Å². The molecule has 2 aromatic rings. The third-order valence-corrected chi connectivity index (χ3v) is 3.48. The summed E-state index contributed by atoms with van der Waals surface area (Å²) in [4.78, 5) is 32.7. The highest BCUT2D eigenvalue weighted by atomic mass is 16.2. The highest BCUT2D eigenvalue weighted by molar-refractivity contribution is 5.83. The van der Waals surface area contributed by atoms with E-state index in [0.717, 1.165) is 11.1 Å². The molecule has 0 fully saturated rings. The summed E-state index contributed by atoms with van der Waals surface area (Å²) >= 11 is 0. The number of nitrogens with zero attached hydrogens (tertiary/aromatic N) is 2. The van der Waals surface area contributed by atoms with Crippen LogP contribution < -0.4 is 10.9 Å². The largest absolute Gasteiger partial charge is 0.349 e. The van der Waals surface area contributed by atoms with E-state index >= 15 is 0 Å². The lowest BCUT2D eigenvalue weighted by atomic mass is 10.0. The zero-order valence-electron chi connectivity index (χ0n) is 13.9. The fraction of sp³-hybridized carbons (Fsp3) is 0.353. The topological polar surface area (TPSA) is 78.1 Å². The zero-order valence-corrected chi connectivity index (χ0v) is 13.9. The van der Waals surface area contributed by atoms with Crippen LogP contribution in [0.5, 0.6) is 0 Å². The van der Waals surface area contributed by atoms with Crippen LogP contribution in [0.3, 0.4) is 0 Å². The Hall–Kier alpha value is -2.47. The van der Waals surface area contributed by atoms with Gasteiger partial charge in [-0.1, -0.05) is 29.8 Å². The monoisotopic (exact) mass is 314 g/mol. The van der Waals surface area contributed by atoms with Crippen molar-refractivity contribution in [3.8, 4) is 0 Å². The maximum Gasteiger partial charge on any atom is 0.251 e. The van der Waals surface area contributed by atoms with Gasteiger partial charge in [0.2, 0.25) is 5.91 Å². The first-order valence-electron chi connectivity index (χ1n) is 7.44. The van der Waals surface area contributed by atoms with Gasteiger partial charge in [-0.15, -0.1) is 0 Å². The predicted octanol–water partition coefficient (Wildman–Crippen LogP) is 1.31. The third kappa shape index (κ3) is 4.50. The van der Waals surface area contributed by atoms with Crippen molar-refractivity contribution < 1.29 is 4.79 Å². The van der Waals surface area contributed by atoms with Gasteiger partial charge in [-0.05, 0) is 33.5 Å². The molecule has 1 heterocycles. The van der Waals surface area contributed by atoms with E-state index in [-0.39, 0.29) is 18.0 Å². The van der Waals surface area contributed by atoms with Crippen LogP contribution in [0, 0.1) is 13.8 Å². The summed E-state index contributed by atoms with van der Waals surface area (Å²) in [5, 5.41) is 2.86. The van der Waals surface area contributed by atoms with E-state index in [4.69, 9.17) is 0 Å². The minimum absolute atomic E-state index is 0.125. The number of carbonyl (C=O) groups is 1. The number of nitrogens with one attached hydrogen (secondary N) is 2. The van der Waals surface area contributed by atoms with Crippen LogP contribution in [0.2, 0.25) is 0 Å². The van der Waals surface area contributed by atoms with Crippen LogP contribution in [0.15, 0.2) is 35.1 Å². The molecule has 1 aromatic heterocycles. The zero-order chi connectivity index (χ0) is 17.0. The van der Waals surface area contributed by atoms with Gasteiger partial charge < -0.3 is 10.3 Å². The number of aromatic nitrogens is 2. The summed E-state index contributed by atoms with van der Waals surface area (Å²) in [7, 11) is 3.73. The van der Waals surface area contributed by atoms with E-state index in [1.807, 2.05) is 50.2 Å². The Morgan fingerprint density at radius 2 is 2.04 bits per heavy atom. The van der Waals surface area contributed by atoms with Crippen molar-refractivity contribution >= 4 is 5.91 Å². The van der Waals surface area contributed by atoms with E-state index < -0.39 is 6.04 Å². The van der Waals surface area contributed by atoms with Crippen LogP contribution >= 0.6 is 0 Å². The second-order valence-corrected chi connectivity index (χ2v) is 5.82. The molecule has 0 saturated heterocycles. The van der Waals surface area contributed by atoms with E-state index in [9.17, 15) is 9.59 Å². The van der Waals surface area contributed by atoms with Gasteiger partial charge in [0.15, 0.2) is 0 Å². The number of H-pyrrole nitrogens is 1. The average molecular weight is 314 g/mol. The van der Waals surface area contributed by atoms with E-state index in [1.165, 1.54) is 6.07 Å². The molecular weight excluding hydrogens is 292 g/mol. The summed E-state index contributed by atoms with van der Waals surface area (Å²) in [6.07, 6.45) is 0. The molecule has 6 heteroatoms. The Morgan fingerprint density at radius 3 is 2.65 bits per heavy atom. The van der Waals surface area contributed by atoms with Crippen molar-refractivity contribution in [3.05, 3.63) is 63.3 Å². The van der Waals surface area contributed by atoms with Gasteiger partial charge in [-0.25, -0.2) is 4.98 Å². The molecule has 1 unspecified atom stereocenters. The van der Waals surface area contributed by atoms with Crippen LogP contribution in [-0.4, -0.2) is 34.9 Å². The number of rotatable bonds is 5. The van der Waals surface area contributed by atoms with Gasteiger partial charge in [-0.2, -0.15) is 0 Å². The van der Waals surface area contributed by atoms with Crippen molar-refractivity contribution in [3.63, 3.8) is 0 Å². The normalized spacial score (nSPS) is 12.2. The van der Waals surface area contributed by atoms with Crippen LogP contribution in [0.1, 0.15) is 28.7 Å². The number of amides is 1. The smallest absolute Gasteiger partial charge is 0.251 e. The Labute approximate surface area is 135 Å². The van der Waals surface area contributed by atoms with Gasteiger partial charge in [0.25, 0.3) is 5.56 Å². The minimum Gasteiger partial charge on any atom is -0.349 e. The molecule has 6 nitrogen and oxygen atoms in total. The van der Waals surface area contributed by atoms with Crippen LogP contribution in [0.4, 0.5) is 0 Å². The molecule has 23 heavy (non-hydrogen) atoms. The maximum atomic E-state index is 12.6. The lowest BCUT2D eigenvalue weighted by molar-refractivity contribution is -0.126. The van der Waals surface area contributed by atoms with Crippen molar-refractivity contribution in [2.45, 2.75) is 26.4 Å². The summed E-state index contributed by atoms with van der Waals surface area (Å²) in [5.74, 6) is 0.407. The van der Waals surface area contributed by atoms with Crippen molar-refractivity contribution in [1.82, 2.24) is 20.2 Å². The summed E-state index contributed by atoms with van der Waals surface area (Å²) < 4.78 is 0. The first kappa shape index (κ1) is 16.9. The fourth-order valence-electron chi connectivity index (χ4n) is 2.53. The second-order valence-electron chi connectivity index (χ2n) is 5.82. The Morgan fingerprint density at radius 1 is 1.30 bits per heavy atom. The third-order valence-electron chi connectivity index (χ3n) is 3.48. The highest BCUT2D eigenvalue weighted by Crippen LogP contribution is 2.19. The molecule has 0 aliphatic rings. The van der Waals surface area contributed by atoms with Crippen molar-refractivity contribution in [2.24, 2.45) is 0 Å². The Kier molecular flexibility index (Phi) is 5.28. The van der Waals surface area contributed by atoms with Gasteiger partial charge in [0.1, 0.15) is 11.9 Å². The molecule has 0 radical (unpaired) electrons. The summed E-state index contributed by atoms with van der Waals surface area (Å²) in [6, 6.07) is 8.88. The number of carbonyl (C=O) groups excluding carboxylic acids is 1. The molecule has 0 aliphatic heterocycles. The lowest BCUT2D eigenvalue weighted by Crippen LogP contribution is -2.37. The lowest BCUT2D eigenvalue weighted by Gasteiger charge is -2.24.